The summed E-state index contributed by atoms with van der Waals surface area (Å²) in [6.45, 7) is 4.22. The van der Waals surface area contributed by atoms with Crippen LogP contribution in [0.4, 0.5) is 0 Å². The van der Waals surface area contributed by atoms with Gasteiger partial charge in [-0.1, -0.05) is 18.2 Å². The maximum atomic E-state index is 12.1. The second-order valence-corrected chi connectivity index (χ2v) is 7.92. The molecule has 0 amide bonds. The predicted octanol–water partition coefficient (Wildman–Crippen LogP) is 2.06. The Bertz CT molecular complexity index is 1140. The van der Waals surface area contributed by atoms with Crippen molar-refractivity contribution in [3.05, 3.63) is 23.9 Å². The van der Waals surface area contributed by atoms with Gasteiger partial charge in [0.2, 0.25) is 5.88 Å². The van der Waals surface area contributed by atoms with Gasteiger partial charge >= 0.3 is 0 Å². The van der Waals surface area contributed by atoms with E-state index >= 15 is 0 Å². The largest absolute Gasteiger partial charge is 0.493 e. The number of fused-ring (bicyclic) bond motifs is 1. The first kappa shape index (κ1) is 21.0. The molecule has 0 atom stereocenters. The number of sulfonamides is 1. The Kier molecular flexibility index (Phi) is 6.01. The minimum atomic E-state index is -4.08. The van der Waals surface area contributed by atoms with Crippen LogP contribution in [-0.2, 0) is 23.5 Å². The van der Waals surface area contributed by atoms with Gasteiger partial charge in [0, 0.05) is 7.05 Å². The molecule has 1 aromatic carbocycles. The SMILES string of the molecule is CCCc1nn(C)c2c(OC)nc(-c3cc(S(=O)(=O)NO)ccc3OCC)nc12. The minimum absolute atomic E-state index is 0.152. The van der Waals surface area contributed by atoms with Gasteiger partial charge in [-0.2, -0.15) is 10.1 Å². The Morgan fingerprint density at radius 3 is 2.62 bits per heavy atom. The third-order valence-corrected chi connectivity index (χ3v) is 5.44. The molecule has 0 aliphatic rings. The number of benzene rings is 1. The normalized spacial score (nSPS) is 11.8. The first-order valence-electron chi connectivity index (χ1n) is 9.07. The van der Waals surface area contributed by atoms with E-state index in [0.29, 0.717) is 34.8 Å². The van der Waals surface area contributed by atoms with Crippen LogP contribution in [0.5, 0.6) is 11.6 Å². The van der Waals surface area contributed by atoms with Crippen molar-refractivity contribution in [3.8, 4) is 23.0 Å². The number of hydrogen-bond acceptors (Lipinski definition) is 8. The van der Waals surface area contributed by atoms with Gasteiger partial charge < -0.3 is 14.7 Å². The predicted molar refractivity (Wildman–Crippen MR) is 106 cm³/mol. The summed E-state index contributed by atoms with van der Waals surface area (Å²) >= 11 is 0. The third kappa shape index (κ3) is 3.88. The highest BCUT2D eigenvalue weighted by Crippen LogP contribution is 2.34. The summed E-state index contributed by atoms with van der Waals surface area (Å²) in [5.41, 5.74) is 2.44. The first-order valence-corrected chi connectivity index (χ1v) is 10.5. The van der Waals surface area contributed by atoms with Crippen molar-refractivity contribution < 1.29 is 23.1 Å². The standard InChI is InChI=1S/C18H23N5O5S/c1-5-7-13-15-16(23(3)21-13)18(27-4)20-17(19-15)12-10-11(29(25,26)22-24)8-9-14(12)28-6-2/h8-10,22,24H,5-7H2,1-4H3. The number of aryl methyl sites for hydroxylation is 2. The van der Waals surface area contributed by atoms with Gasteiger partial charge in [0.1, 0.15) is 16.8 Å². The summed E-state index contributed by atoms with van der Waals surface area (Å²) in [6.07, 6.45) is 1.60. The van der Waals surface area contributed by atoms with E-state index < -0.39 is 10.0 Å². The number of rotatable bonds is 8. The monoisotopic (exact) mass is 421 g/mol. The molecule has 0 aliphatic carbocycles. The van der Waals surface area contributed by atoms with E-state index in [1.165, 1.54) is 30.2 Å². The van der Waals surface area contributed by atoms with Crippen molar-refractivity contribution in [2.45, 2.75) is 31.6 Å². The molecule has 0 saturated carbocycles. The number of ether oxygens (including phenoxy) is 2. The molecule has 2 heterocycles. The lowest BCUT2D eigenvalue weighted by molar-refractivity contribution is 0.242. The molecule has 29 heavy (non-hydrogen) atoms. The highest BCUT2D eigenvalue weighted by Gasteiger charge is 2.22. The van der Waals surface area contributed by atoms with Crippen molar-refractivity contribution >= 4 is 21.1 Å². The summed E-state index contributed by atoms with van der Waals surface area (Å²) in [7, 11) is -0.796. The highest BCUT2D eigenvalue weighted by atomic mass is 32.2. The van der Waals surface area contributed by atoms with E-state index in [2.05, 4.69) is 15.1 Å². The Balaban J connectivity index is 2.31. The van der Waals surface area contributed by atoms with Crippen LogP contribution in [0.3, 0.4) is 0 Å². The Morgan fingerprint density at radius 1 is 1.24 bits per heavy atom. The number of hydrogen-bond donors (Lipinski definition) is 2. The second-order valence-electron chi connectivity index (χ2n) is 6.26. The summed E-state index contributed by atoms with van der Waals surface area (Å²) in [5, 5.41) is 13.5. The zero-order valence-corrected chi connectivity index (χ0v) is 17.4. The fraction of sp³-hybridized carbons (Fsp3) is 0.389. The fourth-order valence-corrected chi connectivity index (χ4v) is 3.68. The zero-order chi connectivity index (χ0) is 21.2. The van der Waals surface area contributed by atoms with Gasteiger partial charge in [-0.15, -0.1) is 0 Å². The number of methoxy groups -OCH3 is 1. The van der Waals surface area contributed by atoms with Crippen molar-refractivity contribution in [3.63, 3.8) is 0 Å². The van der Waals surface area contributed by atoms with E-state index in [1.807, 2.05) is 13.8 Å². The van der Waals surface area contributed by atoms with Gasteiger partial charge in [-0.25, -0.2) is 13.4 Å². The Labute approximate surface area is 168 Å². The van der Waals surface area contributed by atoms with Crippen LogP contribution < -0.4 is 14.4 Å². The molecule has 3 aromatic rings. The van der Waals surface area contributed by atoms with E-state index in [0.717, 1.165) is 18.5 Å². The lowest BCUT2D eigenvalue weighted by Crippen LogP contribution is -2.19. The van der Waals surface area contributed by atoms with E-state index in [9.17, 15) is 8.42 Å². The van der Waals surface area contributed by atoms with Crippen molar-refractivity contribution in [2.24, 2.45) is 7.05 Å². The minimum Gasteiger partial charge on any atom is -0.493 e. The number of nitrogens with one attached hydrogen (secondary N) is 1. The third-order valence-electron chi connectivity index (χ3n) is 4.32. The van der Waals surface area contributed by atoms with Gasteiger partial charge in [0.05, 0.1) is 29.9 Å². The van der Waals surface area contributed by atoms with Crippen molar-refractivity contribution in [2.75, 3.05) is 13.7 Å². The molecule has 0 unspecified atom stereocenters. The molecular weight excluding hydrogens is 398 g/mol. The van der Waals surface area contributed by atoms with E-state index in [4.69, 9.17) is 14.7 Å². The smallest absolute Gasteiger partial charge is 0.262 e. The molecule has 0 aliphatic heterocycles. The van der Waals surface area contributed by atoms with Gasteiger partial charge in [-0.05, 0) is 31.5 Å². The summed E-state index contributed by atoms with van der Waals surface area (Å²) in [4.78, 5) is 10.3. The van der Waals surface area contributed by atoms with E-state index in [-0.39, 0.29) is 10.7 Å². The van der Waals surface area contributed by atoms with Crippen LogP contribution >= 0.6 is 0 Å². The van der Waals surface area contributed by atoms with Gasteiger partial charge in [0.25, 0.3) is 10.0 Å². The fourth-order valence-electron chi connectivity index (χ4n) is 3.06. The molecule has 0 saturated heterocycles. The van der Waals surface area contributed by atoms with Crippen LogP contribution in [0.15, 0.2) is 23.1 Å². The average Bonchev–Trinajstić information content (AvgIpc) is 3.03. The van der Waals surface area contributed by atoms with Crippen molar-refractivity contribution in [1.82, 2.24) is 24.6 Å². The maximum absolute atomic E-state index is 12.1. The summed E-state index contributed by atoms with van der Waals surface area (Å²) in [6, 6.07) is 4.18. The van der Waals surface area contributed by atoms with Crippen LogP contribution in [-0.4, -0.2) is 47.1 Å². The van der Waals surface area contributed by atoms with Crippen molar-refractivity contribution in [1.29, 1.82) is 0 Å². The second kappa shape index (κ2) is 8.31. The van der Waals surface area contributed by atoms with Gasteiger partial charge in [0.15, 0.2) is 5.82 Å². The molecule has 2 N–H and O–H groups in total. The van der Waals surface area contributed by atoms with E-state index in [1.54, 1.807) is 11.7 Å². The number of nitrogens with zero attached hydrogens (tertiary/aromatic N) is 4. The zero-order valence-electron chi connectivity index (χ0n) is 16.6. The topological polar surface area (TPSA) is 128 Å². The molecule has 3 rings (SSSR count). The Morgan fingerprint density at radius 2 is 2.00 bits per heavy atom. The Hall–Kier alpha value is -2.76. The van der Waals surface area contributed by atoms with Gasteiger partial charge in [-0.3, -0.25) is 4.68 Å². The molecule has 156 valence electrons. The quantitative estimate of drug-likeness (QED) is 0.529. The molecule has 2 aromatic heterocycles. The van der Waals surface area contributed by atoms with Crippen LogP contribution in [0, 0.1) is 0 Å². The lowest BCUT2D eigenvalue weighted by atomic mass is 10.1. The summed E-state index contributed by atoms with van der Waals surface area (Å²) < 4.78 is 36.9. The molecule has 0 spiro atoms. The van der Waals surface area contributed by atoms with Crippen LogP contribution in [0.1, 0.15) is 26.0 Å². The molecule has 11 heteroatoms. The maximum Gasteiger partial charge on any atom is 0.262 e. The molecule has 10 nitrogen and oxygen atoms in total. The molecule has 0 fully saturated rings. The number of aromatic nitrogens is 4. The van der Waals surface area contributed by atoms with Crippen LogP contribution in [0.25, 0.3) is 22.4 Å². The molecule has 0 bridgehead atoms. The molecule has 0 radical (unpaired) electrons. The summed E-state index contributed by atoms with van der Waals surface area (Å²) in [5.74, 6) is 0.961. The first-order chi connectivity index (χ1) is 13.9. The highest BCUT2D eigenvalue weighted by molar-refractivity contribution is 7.89. The van der Waals surface area contributed by atoms with Crippen LogP contribution in [0.2, 0.25) is 0 Å². The average molecular weight is 421 g/mol. The lowest BCUT2D eigenvalue weighted by Gasteiger charge is -2.12. The molecular formula is C18H23N5O5S.